The van der Waals surface area contributed by atoms with Crippen molar-refractivity contribution in [3.63, 3.8) is 0 Å². The van der Waals surface area contributed by atoms with E-state index >= 15 is 0 Å². The lowest BCUT2D eigenvalue weighted by molar-refractivity contribution is -0.390. The van der Waals surface area contributed by atoms with Gasteiger partial charge in [0.05, 0.1) is 19.2 Å². The number of hydrogen-bond acceptors (Lipinski definition) is 5. The first kappa shape index (κ1) is 12.7. The Morgan fingerprint density at radius 1 is 1.61 bits per heavy atom. The van der Waals surface area contributed by atoms with Crippen LogP contribution >= 0.6 is 22.6 Å². The van der Waals surface area contributed by atoms with Crippen molar-refractivity contribution in [1.29, 1.82) is 0 Å². The molecule has 0 amide bonds. The zero-order chi connectivity index (χ0) is 13.3. The van der Waals surface area contributed by atoms with Gasteiger partial charge in [-0.05, 0) is 27.5 Å². The second-order valence-corrected chi connectivity index (χ2v) is 4.75. The molecule has 0 aliphatic heterocycles. The number of rotatable bonds is 3. The molecule has 0 saturated carbocycles. The van der Waals surface area contributed by atoms with Gasteiger partial charge in [0.25, 0.3) is 0 Å². The van der Waals surface area contributed by atoms with Crippen LogP contribution in [0.2, 0.25) is 0 Å². The number of pyridine rings is 1. The molecule has 0 aromatic carbocycles. The molecule has 0 spiro atoms. The van der Waals surface area contributed by atoms with Gasteiger partial charge in [0.15, 0.2) is 0 Å². The number of carbonyl (C=O) groups excluding carboxylic acids is 1. The number of fused-ring (bicyclic) bond motifs is 1. The van der Waals surface area contributed by atoms with Crippen molar-refractivity contribution in [3.8, 4) is 0 Å². The lowest BCUT2D eigenvalue weighted by Crippen LogP contribution is -2.04. The molecule has 2 heterocycles. The van der Waals surface area contributed by atoms with E-state index in [1.807, 2.05) is 22.6 Å². The van der Waals surface area contributed by atoms with Gasteiger partial charge in [0, 0.05) is 15.7 Å². The Kier molecular flexibility index (Phi) is 3.45. The third kappa shape index (κ3) is 2.42. The fraction of sp³-hybridized carbons (Fsp3) is 0.200. The number of ether oxygens (including phenoxy) is 1. The Morgan fingerprint density at radius 2 is 2.33 bits per heavy atom. The van der Waals surface area contributed by atoms with E-state index in [0.717, 1.165) is 0 Å². The average molecular weight is 361 g/mol. The topological polar surface area (TPSA) is 86.7 Å². The number of hydrogen-bond donors (Lipinski definition) is 0. The average Bonchev–Trinajstić information content (AvgIpc) is 2.69. The molecule has 2 rings (SSSR count). The van der Waals surface area contributed by atoms with Crippen LogP contribution in [0.15, 0.2) is 18.3 Å². The van der Waals surface area contributed by atoms with Crippen LogP contribution in [0.3, 0.4) is 0 Å². The number of esters is 1. The first-order chi connectivity index (χ1) is 8.51. The Labute approximate surface area is 115 Å². The third-order valence-electron chi connectivity index (χ3n) is 2.30. The fourth-order valence-corrected chi connectivity index (χ4v) is 2.09. The smallest absolute Gasteiger partial charge is 0.330 e. The normalized spacial score (nSPS) is 10.6. The lowest BCUT2D eigenvalue weighted by atomic mass is 10.3. The summed E-state index contributed by atoms with van der Waals surface area (Å²) in [5.41, 5.74) is 0.874. The Balaban J connectivity index is 2.53. The van der Waals surface area contributed by atoms with Crippen LogP contribution in [0.4, 0.5) is 5.82 Å². The van der Waals surface area contributed by atoms with E-state index < -0.39 is 10.9 Å². The third-order valence-corrected chi connectivity index (χ3v) is 2.93. The summed E-state index contributed by atoms with van der Waals surface area (Å²) in [6.07, 6.45) is 1.46. The maximum atomic E-state index is 11.1. The highest BCUT2D eigenvalue weighted by molar-refractivity contribution is 14.1. The van der Waals surface area contributed by atoms with Crippen LogP contribution < -0.4 is 0 Å². The van der Waals surface area contributed by atoms with Gasteiger partial charge in [0.1, 0.15) is 6.20 Å². The van der Waals surface area contributed by atoms with Gasteiger partial charge < -0.3 is 14.9 Å². The van der Waals surface area contributed by atoms with Crippen LogP contribution in [-0.2, 0) is 16.0 Å². The summed E-state index contributed by atoms with van der Waals surface area (Å²) in [6, 6.07) is 3.14. The van der Waals surface area contributed by atoms with E-state index in [1.54, 1.807) is 6.07 Å². The van der Waals surface area contributed by atoms with E-state index in [0.29, 0.717) is 14.9 Å². The molecule has 18 heavy (non-hydrogen) atoms. The number of nitro groups is 1. The molecule has 0 atom stereocenters. The maximum Gasteiger partial charge on any atom is 0.330 e. The summed E-state index contributed by atoms with van der Waals surface area (Å²) in [4.78, 5) is 25.7. The van der Waals surface area contributed by atoms with Crippen molar-refractivity contribution >= 4 is 40.0 Å². The number of carbonyl (C=O) groups is 1. The molecular weight excluding hydrogens is 353 g/mol. The predicted molar refractivity (Wildman–Crippen MR) is 70.3 cm³/mol. The van der Waals surface area contributed by atoms with E-state index in [9.17, 15) is 14.9 Å². The van der Waals surface area contributed by atoms with Crippen molar-refractivity contribution in [2.24, 2.45) is 0 Å². The van der Waals surface area contributed by atoms with Gasteiger partial charge in [-0.1, -0.05) is 0 Å². The fourth-order valence-electron chi connectivity index (χ4n) is 1.53. The van der Waals surface area contributed by atoms with Gasteiger partial charge >= 0.3 is 11.8 Å². The van der Waals surface area contributed by atoms with Crippen molar-refractivity contribution in [2.75, 3.05) is 7.11 Å². The first-order valence-electron chi connectivity index (χ1n) is 4.90. The SMILES string of the molecule is COC(=O)Cc1cn2c([N+](=O)[O-])cc(I)cc2n1. The summed E-state index contributed by atoms with van der Waals surface area (Å²) in [5.74, 6) is -0.517. The van der Waals surface area contributed by atoms with Crippen molar-refractivity contribution in [1.82, 2.24) is 9.38 Å². The molecule has 0 aliphatic carbocycles. The lowest BCUT2D eigenvalue weighted by Gasteiger charge is -1.97. The highest BCUT2D eigenvalue weighted by atomic mass is 127. The monoisotopic (exact) mass is 361 g/mol. The molecule has 7 nitrogen and oxygen atoms in total. The summed E-state index contributed by atoms with van der Waals surface area (Å²) in [5, 5.41) is 10.9. The van der Waals surface area contributed by atoms with Crippen molar-refractivity contribution in [3.05, 3.63) is 37.7 Å². The van der Waals surface area contributed by atoms with Gasteiger partial charge in [-0.2, -0.15) is 4.40 Å². The number of imidazole rings is 1. The van der Waals surface area contributed by atoms with Crippen LogP contribution in [-0.4, -0.2) is 27.4 Å². The number of nitrogens with zero attached hydrogens (tertiary/aromatic N) is 3. The highest BCUT2D eigenvalue weighted by Crippen LogP contribution is 2.20. The molecule has 0 saturated heterocycles. The Morgan fingerprint density at radius 3 is 2.94 bits per heavy atom. The molecule has 2 aromatic rings. The second-order valence-electron chi connectivity index (χ2n) is 3.50. The minimum absolute atomic E-state index is 0.00802. The summed E-state index contributed by atoms with van der Waals surface area (Å²) >= 11 is 1.98. The first-order valence-corrected chi connectivity index (χ1v) is 5.98. The van der Waals surface area contributed by atoms with Crippen LogP contribution in [0.25, 0.3) is 5.65 Å². The molecule has 94 valence electrons. The Bertz CT molecular complexity index is 637. The van der Waals surface area contributed by atoms with E-state index in [4.69, 9.17) is 0 Å². The zero-order valence-electron chi connectivity index (χ0n) is 9.29. The van der Waals surface area contributed by atoms with E-state index in [2.05, 4.69) is 9.72 Å². The predicted octanol–water partition coefficient (Wildman–Crippen LogP) is 1.56. The molecule has 8 heteroatoms. The standard InChI is InChI=1S/C10H8IN3O4/c1-18-10(15)4-7-5-13-8(12-7)2-6(11)3-9(13)14(16)17/h2-3,5H,4H2,1H3. The molecule has 0 aliphatic rings. The Hall–Kier alpha value is -1.71. The largest absolute Gasteiger partial charge is 0.469 e. The zero-order valence-corrected chi connectivity index (χ0v) is 11.4. The van der Waals surface area contributed by atoms with Crippen LogP contribution in [0.5, 0.6) is 0 Å². The number of methoxy groups -OCH3 is 1. The highest BCUT2D eigenvalue weighted by Gasteiger charge is 2.17. The van der Waals surface area contributed by atoms with Gasteiger partial charge in [-0.3, -0.25) is 4.79 Å². The van der Waals surface area contributed by atoms with Crippen molar-refractivity contribution in [2.45, 2.75) is 6.42 Å². The van der Waals surface area contributed by atoms with Crippen LogP contribution in [0.1, 0.15) is 5.69 Å². The molecule has 0 radical (unpaired) electrons. The summed E-state index contributed by atoms with van der Waals surface area (Å²) in [6.45, 7) is 0. The molecule has 2 aromatic heterocycles. The minimum Gasteiger partial charge on any atom is -0.469 e. The van der Waals surface area contributed by atoms with E-state index in [-0.39, 0.29) is 12.2 Å². The molecule has 0 fully saturated rings. The number of aromatic nitrogens is 2. The second kappa shape index (κ2) is 4.88. The van der Waals surface area contributed by atoms with Gasteiger partial charge in [0.2, 0.25) is 5.65 Å². The van der Waals surface area contributed by atoms with Gasteiger partial charge in [-0.15, -0.1) is 0 Å². The summed E-state index contributed by atoms with van der Waals surface area (Å²) in [7, 11) is 1.28. The van der Waals surface area contributed by atoms with E-state index in [1.165, 1.54) is 23.8 Å². The quantitative estimate of drug-likeness (QED) is 0.358. The maximum absolute atomic E-state index is 11.1. The molecule has 0 bridgehead atoms. The minimum atomic E-state index is -0.487. The van der Waals surface area contributed by atoms with Crippen LogP contribution in [0, 0.1) is 13.7 Å². The number of halogens is 1. The molecule has 0 N–H and O–H groups in total. The van der Waals surface area contributed by atoms with Gasteiger partial charge in [-0.25, -0.2) is 4.98 Å². The molecule has 0 unspecified atom stereocenters. The molecular formula is C10H8IN3O4. The summed E-state index contributed by atoms with van der Waals surface area (Å²) < 4.78 is 6.59. The van der Waals surface area contributed by atoms with Crippen molar-refractivity contribution < 1.29 is 14.5 Å².